The van der Waals surface area contributed by atoms with Crippen LogP contribution in [-0.4, -0.2) is 0 Å². The first-order valence-corrected chi connectivity index (χ1v) is 5.10. The molecular weight excluding hydrogens is 253 g/mol. The zero-order valence-corrected chi connectivity index (χ0v) is 8.75. The van der Waals surface area contributed by atoms with Crippen molar-refractivity contribution in [1.82, 2.24) is 0 Å². The minimum Gasteiger partial charge on any atom is -0.195 e. The van der Waals surface area contributed by atoms with E-state index in [1.807, 2.05) is 6.07 Å². The molecule has 1 aromatic heterocycles. The van der Waals surface area contributed by atoms with Gasteiger partial charge in [-0.25, -0.2) is 0 Å². The fourth-order valence-electron chi connectivity index (χ4n) is 1.13. The normalized spacial score (nSPS) is 10.2. The van der Waals surface area contributed by atoms with Crippen LogP contribution in [0.1, 0.15) is 5.56 Å². The summed E-state index contributed by atoms with van der Waals surface area (Å²) < 4.78 is 14.4. The van der Waals surface area contributed by atoms with Crippen molar-refractivity contribution in [2.75, 3.05) is 0 Å². The highest BCUT2D eigenvalue weighted by Gasteiger charge is 2.06. The number of rotatable bonds is 0. The Hall–Kier alpha value is -0.920. The first kappa shape index (κ1) is 8.67. The Balaban J connectivity index is 2.85. The Morgan fingerprint density at radius 3 is 2.85 bits per heavy atom. The lowest BCUT2D eigenvalue weighted by Crippen LogP contribution is -1.73. The number of benzene rings is 1. The number of hydrogen-bond acceptors (Lipinski definition) is 2. The van der Waals surface area contributed by atoms with Gasteiger partial charge in [0.15, 0.2) is 5.13 Å². The van der Waals surface area contributed by atoms with Crippen molar-refractivity contribution in [2.24, 2.45) is 0 Å². The van der Waals surface area contributed by atoms with Crippen molar-refractivity contribution < 1.29 is 4.39 Å². The number of thiophene rings is 1. The first-order chi connectivity index (χ1) is 6.20. The standard InChI is InChI=1S/C9H3BrFNS/c10-7-1-5(4-12)2-8-6(7)3-9(11)13-8/h1-3H. The van der Waals surface area contributed by atoms with Crippen LogP contribution in [-0.2, 0) is 0 Å². The summed E-state index contributed by atoms with van der Waals surface area (Å²) in [6.45, 7) is 0. The second-order valence-corrected chi connectivity index (χ2v) is 4.42. The SMILES string of the molecule is N#Cc1cc(Br)c2cc(F)sc2c1. The largest absolute Gasteiger partial charge is 0.195 e. The molecule has 0 amide bonds. The monoisotopic (exact) mass is 255 g/mol. The van der Waals surface area contributed by atoms with E-state index in [9.17, 15) is 4.39 Å². The number of nitrogens with zero attached hydrogens (tertiary/aromatic N) is 1. The van der Waals surface area contributed by atoms with Crippen molar-refractivity contribution >= 4 is 37.4 Å². The van der Waals surface area contributed by atoms with Gasteiger partial charge in [0.05, 0.1) is 11.6 Å². The third-order valence-corrected chi connectivity index (χ3v) is 3.21. The van der Waals surface area contributed by atoms with E-state index < -0.39 is 0 Å². The highest BCUT2D eigenvalue weighted by molar-refractivity contribution is 9.10. The predicted octanol–water partition coefficient (Wildman–Crippen LogP) is 3.67. The first-order valence-electron chi connectivity index (χ1n) is 3.49. The third kappa shape index (κ3) is 1.45. The lowest BCUT2D eigenvalue weighted by molar-refractivity contribution is 0.658. The summed E-state index contributed by atoms with van der Waals surface area (Å²) in [6.07, 6.45) is 0. The van der Waals surface area contributed by atoms with Gasteiger partial charge in [-0.05, 0) is 18.2 Å². The number of halogens is 2. The van der Waals surface area contributed by atoms with Crippen LogP contribution >= 0.6 is 27.3 Å². The lowest BCUT2D eigenvalue weighted by atomic mass is 10.2. The molecule has 0 aliphatic rings. The molecule has 64 valence electrons. The molecule has 0 radical (unpaired) electrons. The fourth-order valence-corrected chi connectivity index (χ4v) is 2.69. The van der Waals surface area contributed by atoms with E-state index in [0.717, 1.165) is 25.9 Å². The second kappa shape index (κ2) is 3.09. The maximum atomic E-state index is 12.9. The summed E-state index contributed by atoms with van der Waals surface area (Å²) in [6, 6.07) is 6.86. The Kier molecular flexibility index (Phi) is 2.06. The molecule has 1 nitrogen and oxygen atoms in total. The number of nitriles is 1. The van der Waals surface area contributed by atoms with Gasteiger partial charge in [-0.1, -0.05) is 15.9 Å². The van der Waals surface area contributed by atoms with Crippen LogP contribution in [0.4, 0.5) is 4.39 Å². The zero-order valence-electron chi connectivity index (χ0n) is 6.34. The van der Waals surface area contributed by atoms with Crippen LogP contribution in [0.5, 0.6) is 0 Å². The molecule has 0 aliphatic carbocycles. The minimum absolute atomic E-state index is 0.231. The van der Waals surface area contributed by atoms with Gasteiger partial charge in [0.2, 0.25) is 0 Å². The summed E-state index contributed by atoms with van der Waals surface area (Å²) in [4.78, 5) is 0. The molecule has 0 unspecified atom stereocenters. The molecule has 13 heavy (non-hydrogen) atoms. The van der Waals surface area contributed by atoms with Crippen LogP contribution in [0.25, 0.3) is 10.1 Å². The number of hydrogen-bond donors (Lipinski definition) is 0. The smallest absolute Gasteiger partial charge is 0.177 e. The molecule has 0 N–H and O–H groups in total. The molecule has 0 saturated carbocycles. The topological polar surface area (TPSA) is 23.8 Å². The van der Waals surface area contributed by atoms with E-state index >= 15 is 0 Å². The lowest BCUT2D eigenvalue weighted by Gasteiger charge is -1.93. The molecule has 1 heterocycles. The minimum atomic E-state index is -0.231. The summed E-state index contributed by atoms with van der Waals surface area (Å²) in [5.74, 6) is 0. The van der Waals surface area contributed by atoms with E-state index in [1.165, 1.54) is 6.07 Å². The Morgan fingerprint density at radius 1 is 1.38 bits per heavy atom. The molecular formula is C9H3BrFNS. The Bertz CT molecular complexity index is 512. The highest BCUT2D eigenvalue weighted by atomic mass is 79.9. The van der Waals surface area contributed by atoms with E-state index in [-0.39, 0.29) is 5.13 Å². The highest BCUT2D eigenvalue weighted by Crippen LogP contribution is 2.31. The van der Waals surface area contributed by atoms with Gasteiger partial charge in [0, 0.05) is 14.6 Å². The van der Waals surface area contributed by atoms with Gasteiger partial charge in [0.25, 0.3) is 0 Å². The molecule has 1 aromatic carbocycles. The molecule has 0 aliphatic heterocycles. The quantitative estimate of drug-likeness (QED) is 0.705. The van der Waals surface area contributed by atoms with E-state index in [2.05, 4.69) is 15.9 Å². The number of fused-ring (bicyclic) bond motifs is 1. The van der Waals surface area contributed by atoms with Crippen molar-refractivity contribution in [3.63, 3.8) is 0 Å². The molecule has 0 bridgehead atoms. The van der Waals surface area contributed by atoms with Crippen LogP contribution in [0, 0.1) is 16.5 Å². The summed E-state index contributed by atoms with van der Waals surface area (Å²) in [7, 11) is 0. The average molecular weight is 256 g/mol. The van der Waals surface area contributed by atoms with Crippen LogP contribution in [0.2, 0.25) is 0 Å². The summed E-state index contributed by atoms with van der Waals surface area (Å²) in [5.41, 5.74) is 0.543. The van der Waals surface area contributed by atoms with Gasteiger partial charge in [-0.2, -0.15) is 9.65 Å². The molecule has 2 rings (SSSR count). The van der Waals surface area contributed by atoms with Crippen molar-refractivity contribution in [1.29, 1.82) is 5.26 Å². The molecule has 2 aromatic rings. The predicted molar refractivity (Wildman–Crippen MR) is 54.2 cm³/mol. The molecule has 4 heteroatoms. The van der Waals surface area contributed by atoms with Crippen LogP contribution in [0.15, 0.2) is 22.7 Å². The van der Waals surface area contributed by atoms with Crippen LogP contribution in [0.3, 0.4) is 0 Å². The average Bonchev–Trinajstić information content (AvgIpc) is 2.46. The van der Waals surface area contributed by atoms with Crippen molar-refractivity contribution in [3.8, 4) is 6.07 Å². The van der Waals surface area contributed by atoms with Crippen LogP contribution < -0.4 is 0 Å². The summed E-state index contributed by atoms with van der Waals surface area (Å²) in [5, 5.41) is 9.26. The molecule has 0 fully saturated rings. The van der Waals surface area contributed by atoms with E-state index in [4.69, 9.17) is 5.26 Å². The molecule has 0 saturated heterocycles. The fraction of sp³-hybridized carbons (Fsp3) is 0. The second-order valence-electron chi connectivity index (χ2n) is 2.53. The molecule has 0 atom stereocenters. The van der Waals surface area contributed by atoms with Gasteiger partial charge < -0.3 is 0 Å². The van der Waals surface area contributed by atoms with Gasteiger partial charge in [0.1, 0.15) is 0 Å². The van der Waals surface area contributed by atoms with Gasteiger partial charge in [-0.3, -0.25) is 0 Å². The Morgan fingerprint density at radius 2 is 2.15 bits per heavy atom. The van der Waals surface area contributed by atoms with E-state index in [0.29, 0.717) is 5.56 Å². The van der Waals surface area contributed by atoms with Crippen molar-refractivity contribution in [3.05, 3.63) is 33.4 Å². The Labute approximate surface area is 86.5 Å². The summed E-state index contributed by atoms with van der Waals surface area (Å²) >= 11 is 4.34. The van der Waals surface area contributed by atoms with Crippen molar-refractivity contribution in [2.45, 2.75) is 0 Å². The van der Waals surface area contributed by atoms with Gasteiger partial charge >= 0.3 is 0 Å². The maximum Gasteiger partial charge on any atom is 0.177 e. The maximum absolute atomic E-state index is 12.9. The van der Waals surface area contributed by atoms with E-state index in [1.54, 1.807) is 12.1 Å². The third-order valence-electron chi connectivity index (χ3n) is 1.69. The zero-order chi connectivity index (χ0) is 9.42. The molecule has 0 spiro atoms. The van der Waals surface area contributed by atoms with Gasteiger partial charge in [-0.15, -0.1) is 11.3 Å².